The number of methoxy groups -OCH3 is 1. The van der Waals surface area contributed by atoms with Crippen molar-refractivity contribution in [1.29, 1.82) is 0 Å². The van der Waals surface area contributed by atoms with Crippen molar-refractivity contribution in [1.82, 2.24) is 4.57 Å². The number of nitrogens with one attached hydrogen (secondary N) is 1. The number of aryl methyl sites for hydroxylation is 1. The van der Waals surface area contributed by atoms with E-state index >= 15 is 0 Å². The summed E-state index contributed by atoms with van der Waals surface area (Å²) >= 11 is 5.52. The number of alkyl halides is 3. The lowest BCUT2D eigenvalue weighted by molar-refractivity contribution is -0.137. The quantitative estimate of drug-likeness (QED) is 0.913. The van der Waals surface area contributed by atoms with E-state index in [0.717, 1.165) is 18.2 Å². The lowest BCUT2D eigenvalue weighted by atomic mass is 10.2. The van der Waals surface area contributed by atoms with Crippen LogP contribution in [0.4, 0.5) is 18.9 Å². The molecule has 1 aromatic carbocycles. The molecule has 0 radical (unpaired) electrons. The summed E-state index contributed by atoms with van der Waals surface area (Å²) < 4.78 is 44.7. The van der Waals surface area contributed by atoms with Crippen molar-refractivity contribution in [3.05, 3.63) is 57.0 Å². The topological polar surface area (TPSA) is 60.3 Å². The first kappa shape index (κ1) is 17.9. The molecule has 1 N–H and O–H groups in total. The minimum atomic E-state index is -4.65. The van der Waals surface area contributed by atoms with Crippen LogP contribution in [0.15, 0.2) is 35.3 Å². The highest BCUT2D eigenvalue weighted by Crippen LogP contribution is 2.36. The number of amides is 1. The maximum Gasteiger partial charge on any atom is 0.417 e. The van der Waals surface area contributed by atoms with Gasteiger partial charge in [0.2, 0.25) is 5.43 Å². The maximum atomic E-state index is 12.8. The van der Waals surface area contributed by atoms with Crippen molar-refractivity contribution in [2.24, 2.45) is 7.05 Å². The fraction of sp³-hybridized carbons (Fsp3) is 0.200. The molecule has 0 aliphatic rings. The molecule has 0 spiro atoms. The summed E-state index contributed by atoms with van der Waals surface area (Å²) in [5.41, 5.74) is -1.72. The van der Waals surface area contributed by atoms with Crippen LogP contribution in [0.3, 0.4) is 0 Å². The minimum Gasteiger partial charge on any atom is -0.491 e. The number of halogens is 4. The van der Waals surface area contributed by atoms with E-state index in [1.807, 2.05) is 0 Å². The summed E-state index contributed by atoms with van der Waals surface area (Å²) in [6.45, 7) is 0. The smallest absolute Gasteiger partial charge is 0.417 e. The van der Waals surface area contributed by atoms with Gasteiger partial charge in [-0.15, -0.1) is 0 Å². The van der Waals surface area contributed by atoms with Crippen LogP contribution < -0.4 is 15.5 Å². The van der Waals surface area contributed by atoms with Crippen LogP contribution in [-0.4, -0.2) is 17.6 Å². The van der Waals surface area contributed by atoms with E-state index in [0.29, 0.717) is 0 Å². The maximum absolute atomic E-state index is 12.8. The van der Waals surface area contributed by atoms with Crippen LogP contribution in [0.1, 0.15) is 16.1 Å². The summed E-state index contributed by atoms with van der Waals surface area (Å²) in [6.07, 6.45) is -3.34. The van der Waals surface area contributed by atoms with Crippen molar-refractivity contribution in [2.75, 3.05) is 12.4 Å². The minimum absolute atomic E-state index is 0.0377. The van der Waals surface area contributed by atoms with E-state index in [1.165, 1.54) is 31.0 Å². The van der Waals surface area contributed by atoms with Gasteiger partial charge in [-0.25, -0.2) is 0 Å². The average Bonchev–Trinajstić information content (AvgIpc) is 2.49. The second-order valence-electron chi connectivity index (χ2n) is 4.85. The number of carbonyl (C=O) groups excluding carboxylic acids is 1. The number of hydrogen-bond donors (Lipinski definition) is 1. The number of aromatic nitrogens is 1. The number of nitrogens with zero attached hydrogens (tertiary/aromatic N) is 1. The molecule has 5 nitrogen and oxygen atoms in total. The Kier molecular flexibility index (Phi) is 4.88. The highest BCUT2D eigenvalue weighted by atomic mass is 35.5. The Morgan fingerprint density at radius 3 is 2.54 bits per heavy atom. The highest BCUT2D eigenvalue weighted by Gasteiger charge is 2.33. The second kappa shape index (κ2) is 6.56. The Bertz CT molecular complexity index is 847. The number of ether oxygens (including phenoxy) is 1. The largest absolute Gasteiger partial charge is 0.491 e. The first-order valence-corrected chi connectivity index (χ1v) is 6.94. The Balaban J connectivity index is 2.34. The van der Waals surface area contributed by atoms with E-state index in [4.69, 9.17) is 16.3 Å². The fourth-order valence-electron chi connectivity index (χ4n) is 2.00. The molecule has 0 saturated heterocycles. The summed E-state index contributed by atoms with van der Waals surface area (Å²) in [5.74, 6) is -0.701. The van der Waals surface area contributed by atoms with Gasteiger partial charge in [0.15, 0.2) is 5.75 Å². The number of rotatable bonds is 3. The van der Waals surface area contributed by atoms with Crippen molar-refractivity contribution in [2.45, 2.75) is 6.18 Å². The lowest BCUT2D eigenvalue weighted by Gasteiger charge is -2.13. The Hall–Kier alpha value is -2.48. The standard InChI is InChI=1S/C15H12ClF3N2O3/c1-21-7-13(24-2)12(22)6-11(21)14(23)20-8-3-4-10(16)9(5-8)15(17,18)19/h3-7H,1-2H3,(H,20,23). The Labute approximate surface area is 139 Å². The zero-order chi connectivity index (χ0) is 18.1. The first-order chi connectivity index (χ1) is 11.1. The Morgan fingerprint density at radius 1 is 1.29 bits per heavy atom. The predicted molar refractivity (Wildman–Crippen MR) is 82.6 cm³/mol. The van der Waals surface area contributed by atoms with Gasteiger partial charge in [-0.2, -0.15) is 13.2 Å². The third-order valence-electron chi connectivity index (χ3n) is 3.18. The van der Waals surface area contributed by atoms with E-state index in [2.05, 4.69) is 5.32 Å². The SMILES string of the molecule is COc1cn(C)c(C(=O)Nc2ccc(Cl)c(C(F)(F)F)c2)cc1=O. The molecule has 9 heteroatoms. The average molecular weight is 361 g/mol. The summed E-state index contributed by atoms with van der Waals surface area (Å²) in [7, 11) is 2.81. The molecule has 0 aliphatic heterocycles. The van der Waals surface area contributed by atoms with Crippen LogP contribution in [0, 0.1) is 0 Å². The lowest BCUT2D eigenvalue weighted by Crippen LogP contribution is -2.21. The predicted octanol–water partition coefficient (Wildman–Crippen LogP) is 3.32. The van der Waals surface area contributed by atoms with Gasteiger partial charge in [-0.1, -0.05) is 11.6 Å². The third-order valence-corrected chi connectivity index (χ3v) is 3.51. The molecular formula is C15H12ClF3N2O3. The van der Waals surface area contributed by atoms with Gasteiger partial charge in [-0.05, 0) is 18.2 Å². The number of anilines is 1. The number of carbonyl (C=O) groups is 1. The molecular weight excluding hydrogens is 349 g/mol. The number of pyridine rings is 1. The molecule has 0 unspecified atom stereocenters. The molecule has 0 bridgehead atoms. The van der Waals surface area contributed by atoms with Crippen LogP contribution in [-0.2, 0) is 13.2 Å². The van der Waals surface area contributed by atoms with Crippen LogP contribution in [0.25, 0.3) is 0 Å². The molecule has 0 atom stereocenters. The van der Waals surface area contributed by atoms with Crippen LogP contribution >= 0.6 is 11.6 Å². The monoisotopic (exact) mass is 360 g/mol. The van der Waals surface area contributed by atoms with Gasteiger partial charge in [0, 0.05) is 18.8 Å². The summed E-state index contributed by atoms with van der Waals surface area (Å²) in [4.78, 5) is 23.9. The van der Waals surface area contributed by atoms with Gasteiger partial charge in [0.1, 0.15) is 5.69 Å². The Morgan fingerprint density at radius 2 is 1.96 bits per heavy atom. The highest BCUT2D eigenvalue weighted by molar-refractivity contribution is 6.31. The molecule has 2 aromatic rings. The molecule has 0 aliphatic carbocycles. The number of hydrogen-bond acceptors (Lipinski definition) is 3. The third kappa shape index (κ3) is 3.70. The van der Waals surface area contributed by atoms with Gasteiger partial charge >= 0.3 is 6.18 Å². The van der Waals surface area contributed by atoms with E-state index < -0.39 is 28.1 Å². The second-order valence-corrected chi connectivity index (χ2v) is 5.26. The molecule has 0 fully saturated rings. The fourth-order valence-corrected chi connectivity index (χ4v) is 2.23. The first-order valence-electron chi connectivity index (χ1n) is 6.56. The molecule has 1 heterocycles. The molecule has 1 amide bonds. The molecule has 24 heavy (non-hydrogen) atoms. The van der Waals surface area contributed by atoms with E-state index in [1.54, 1.807) is 0 Å². The zero-order valence-electron chi connectivity index (χ0n) is 12.6. The normalized spacial score (nSPS) is 11.2. The van der Waals surface area contributed by atoms with Crippen molar-refractivity contribution < 1.29 is 22.7 Å². The molecule has 1 aromatic heterocycles. The molecule has 2 rings (SSSR count). The van der Waals surface area contributed by atoms with Crippen molar-refractivity contribution in [3.8, 4) is 5.75 Å². The van der Waals surface area contributed by atoms with Gasteiger partial charge < -0.3 is 14.6 Å². The zero-order valence-corrected chi connectivity index (χ0v) is 13.3. The van der Waals surface area contributed by atoms with Crippen molar-refractivity contribution in [3.63, 3.8) is 0 Å². The van der Waals surface area contributed by atoms with Crippen molar-refractivity contribution >= 4 is 23.2 Å². The van der Waals surface area contributed by atoms with Crippen LogP contribution in [0.5, 0.6) is 5.75 Å². The van der Waals surface area contributed by atoms with Gasteiger partial charge in [0.05, 0.1) is 23.9 Å². The summed E-state index contributed by atoms with van der Waals surface area (Å²) in [6, 6.07) is 4.03. The van der Waals surface area contributed by atoms with Crippen LogP contribution in [0.2, 0.25) is 5.02 Å². The van der Waals surface area contributed by atoms with Gasteiger partial charge in [-0.3, -0.25) is 9.59 Å². The number of benzene rings is 1. The van der Waals surface area contributed by atoms with Gasteiger partial charge in [0.25, 0.3) is 5.91 Å². The van der Waals surface area contributed by atoms with E-state index in [-0.39, 0.29) is 17.1 Å². The molecule has 128 valence electrons. The molecule has 0 saturated carbocycles. The summed E-state index contributed by atoms with van der Waals surface area (Å²) in [5, 5.41) is 1.83. The van der Waals surface area contributed by atoms with E-state index in [9.17, 15) is 22.8 Å².